The minimum atomic E-state index is -0.603. The number of rotatable bonds is 12. The van der Waals surface area contributed by atoms with E-state index in [0.717, 1.165) is 34.7 Å². The van der Waals surface area contributed by atoms with Crippen LogP contribution < -0.4 is 18.8 Å². The molecule has 0 radical (unpaired) electrons. The van der Waals surface area contributed by atoms with Crippen LogP contribution in [-0.4, -0.2) is 72.2 Å². The monoisotopic (exact) mass is 1060 g/mol. The van der Waals surface area contributed by atoms with Crippen molar-refractivity contribution in [2.24, 2.45) is 0 Å². The Hall–Kier alpha value is -7.86. The number of fused-ring (bicyclic) bond motifs is 5. The van der Waals surface area contributed by atoms with Crippen LogP contribution in [0.2, 0.25) is 0 Å². The average molecular weight is 1070 g/mol. The van der Waals surface area contributed by atoms with Crippen molar-refractivity contribution < 1.29 is 72.3 Å². The maximum absolute atomic E-state index is 12.8. The summed E-state index contributed by atoms with van der Waals surface area (Å²) in [4.78, 5) is 73.0. The molecule has 2 atom stereocenters. The number of ether oxygens (including phenoxy) is 4. The molecule has 17 heteroatoms. The van der Waals surface area contributed by atoms with Gasteiger partial charge in [0.2, 0.25) is 0 Å². The Morgan fingerprint density at radius 1 is 0.581 bits per heavy atom. The molecule has 10 rings (SSSR count). The summed E-state index contributed by atoms with van der Waals surface area (Å²) in [5.74, 6) is 1.06. The summed E-state index contributed by atoms with van der Waals surface area (Å²) in [6.07, 6.45) is 2.47. The van der Waals surface area contributed by atoms with Crippen molar-refractivity contribution in [3.05, 3.63) is 157 Å². The molecule has 15 nitrogen and oxygen atoms in total. The molecular weight excluding hydrogens is 1020 g/mol. The van der Waals surface area contributed by atoms with Crippen molar-refractivity contribution in [3.63, 3.8) is 0 Å². The molecule has 0 bridgehead atoms. The number of carbonyl (C=O) groups is 6. The van der Waals surface area contributed by atoms with Gasteiger partial charge in [-0.1, -0.05) is 36.4 Å². The van der Waals surface area contributed by atoms with E-state index in [1.165, 1.54) is 0 Å². The van der Waals surface area contributed by atoms with Gasteiger partial charge in [0.05, 0.1) is 61.7 Å². The predicted molar refractivity (Wildman–Crippen MR) is 279 cm³/mol. The van der Waals surface area contributed by atoms with E-state index in [1.54, 1.807) is 47.1 Å². The Labute approximate surface area is 434 Å². The summed E-state index contributed by atoms with van der Waals surface area (Å²) in [6.45, 7) is 5.63. The lowest BCUT2D eigenvalue weighted by Gasteiger charge is -2.29. The van der Waals surface area contributed by atoms with Gasteiger partial charge in [0.1, 0.15) is 40.2 Å². The zero-order chi connectivity index (χ0) is 53.0. The molecule has 1 heterocycles. The zero-order valence-corrected chi connectivity index (χ0v) is 42.6. The van der Waals surface area contributed by atoms with Crippen LogP contribution in [0.3, 0.4) is 0 Å². The van der Waals surface area contributed by atoms with Gasteiger partial charge in [-0.25, -0.2) is 0 Å². The largest absolute Gasteiger partial charge is 0.678 e. The van der Waals surface area contributed by atoms with Gasteiger partial charge < -0.3 is 43.6 Å². The summed E-state index contributed by atoms with van der Waals surface area (Å²) < 4.78 is 33.0. The first kappa shape index (κ1) is 52.5. The molecule has 3 N–H and O–H groups in total. The topological polar surface area (TPSA) is 218 Å². The van der Waals surface area contributed by atoms with Gasteiger partial charge in [-0.15, -0.1) is 0 Å². The van der Waals surface area contributed by atoms with Crippen LogP contribution in [0.15, 0.2) is 84.9 Å². The molecule has 1 aliphatic heterocycles. The Kier molecular flexibility index (Phi) is 16.0. The number of aldehydes is 4. The molecule has 0 aromatic heterocycles. The number of benzene rings is 7. The maximum Gasteiger partial charge on any atom is 0.678 e. The molecule has 74 heavy (non-hydrogen) atoms. The number of halogens is 1. The van der Waals surface area contributed by atoms with E-state index in [4.69, 9.17) is 28.3 Å². The van der Waals surface area contributed by atoms with Crippen LogP contribution in [0, 0.1) is 20.8 Å². The number of ketones is 2. The number of phenols is 3. The third-order valence-electron chi connectivity index (χ3n) is 13.5. The number of para-hydroxylation sites is 2. The van der Waals surface area contributed by atoms with Gasteiger partial charge in [-0.2, -0.15) is 0 Å². The Morgan fingerprint density at radius 2 is 0.986 bits per heavy atom. The summed E-state index contributed by atoms with van der Waals surface area (Å²) in [6, 6.07) is 25.6. The minimum absolute atomic E-state index is 0.000151. The highest BCUT2D eigenvalue weighted by molar-refractivity contribution is 9.24. The van der Waals surface area contributed by atoms with Crippen molar-refractivity contribution in [3.8, 4) is 40.2 Å². The first-order valence-corrected chi connectivity index (χ1v) is 24.4. The Morgan fingerprint density at radius 3 is 1.41 bits per heavy atom. The molecule has 0 amide bonds. The molecule has 0 unspecified atom stereocenters. The molecule has 378 valence electrons. The SMILES string of the molecule is BrB1Oc2ccccc2O1.COc1ccc(CO[C@H]2CCC(=O)c3c2c(C=O)c2cc(C)c(C=O)c(C)c2c3O)cc1.COc1ccc(CO[C@H]2CCC(=O)c3c2c(C=O)c2cc(C)c(C=O)c(O)c2c3O)cc1. The summed E-state index contributed by atoms with van der Waals surface area (Å²) in [7, 11) is 3.18. The van der Waals surface area contributed by atoms with E-state index in [-0.39, 0.29) is 82.3 Å². The lowest BCUT2D eigenvalue weighted by atomic mass is 9.80. The third-order valence-corrected chi connectivity index (χ3v) is 13.9. The lowest BCUT2D eigenvalue weighted by Crippen LogP contribution is -2.21. The van der Waals surface area contributed by atoms with E-state index < -0.39 is 23.7 Å². The number of hydrogen-bond acceptors (Lipinski definition) is 15. The first-order chi connectivity index (χ1) is 35.7. The Balaban J connectivity index is 0.000000165. The second kappa shape index (κ2) is 22.5. The molecule has 3 aliphatic rings. The summed E-state index contributed by atoms with van der Waals surface area (Å²) in [5, 5.41) is 33.8. The van der Waals surface area contributed by atoms with E-state index in [0.29, 0.717) is 87.2 Å². The third kappa shape index (κ3) is 10.1. The lowest BCUT2D eigenvalue weighted by molar-refractivity contribution is 0.0272. The highest BCUT2D eigenvalue weighted by Crippen LogP contribution is 2.49. The van der Waals surface area contributed by atoms with Crippen LogP contribution in [-0.2, 0) is 22.7 Å². The zero-order valence-electron chi connectivity index (χ0n) is 41.0. The van der Waals surface area contributed by atoms with E-state index in [9.17, 15) is 44.1 Å². The van der Waals surface area contributed by atoms with Crippen molar-refractivity contribution in [1.29, 1.82) is 0 Å². The number of carbonyl (C=O) groups excluding carboxylic acids is 6. The van der Waals surface area contributed by atoms with Gasteiger partial charge in [-0.3, -0.25) is 28.8 Å². The standard InChI is InChI=1S/C26H24O6.C25H22O7.C6H4BBrO2/c1-14-10-18-20(12-28)24-22(32-13-16-4-6-17(31-3)7-5-16)9-8-21(29)25(24)26(30)23(18)15(2)19(14)11-27;1-13-9-16-18(11-27)21-20(32-12-14-3-5-15(31-2)6-4-14)8-7-19(28)23(21)25(30)22(16)24(29)17(13)10-26;8-7-9-5-3-1-2-4-6(5)10-7/h4-7,10-12,22,30H,8-9,13H2,1-3H3;3-6,9-11,20,29-30H,7-8,12H2,1-2H3;1-4H/t22-;20-;/m00./s1. The molecular formula is C57H50BBrO15. The fourth-order valence-electron chi connectivity index (χ4n) is 9.77. The maximum atomic E-state index is 12.8. The van der Waals surface area contributed by atoms with Crippen LogP contribution in [0.25, 0.3) is 21.5 Å². The highest BCUT2D eigenvalue weighted by atomic mass is 79.9. The minimum Gasteiger partial charge on any atom is -0.514 e. The number of Topliss-reactive ketones (excluding diaryl/α,β-unsaturated/α-hetero) is 2. The van der Waals surface area contributed by atoms with E-state index in [2.05, 4.69) is 15.8 Å². The van der Waals surface area contributed by atoms with Crippen LogP contribution in [0.4, 0.5) is 0 Å². The predicted octanol–water partition coefficient (Wildman–Crippen LogP) is 11.3. The number of aryl methyl sites for hydroxylation is 3. The van der Waals surface area contributed by atoms with E-state index in [1.807, 2.05) is 72.8 Å². The van der Waals surface area contributed by atoms with Crippen molar-refractivity contribution in [2.45, 2.75) is 71.9 Å². The fraction of sp³-hybridized carbons (Fsp3) is 0.228. The van der Waals surface area contributed by atoms with Crippen molar-refractivity contribution in [1.82, 2.24) is 0 Å². The van der Waals surface area contributed by atoms with Crippen LogP contribution >= 0.6 is 15.8 Å². The quantitative estimate of drug-likeness (QED) is 0.0765. The fourth-order valence-corrected chi connectivity index (χ4v) is 10.2. The van der Waals surface area contributed by atoms with Gasteiger partial charge in [0.25, 0.3) is 0 Å². The number of phenolic OH excluding ortho intramolecular Hbond substituents is 3. The first-order valence-electron chi connectivity index (χ1n) is 23.5. The molecule has 7 aromatic rings. The summed E-state index contributed by atoms with van der Waals surface area (Å²) in [5.41, 5.74) is 5.25. The van der Waals surface area contributed by atoms with Crippen LogP contribution in [0.1, 0.15) is 139 Å². The van der Waals surface area contributed by atoms with Crippen molar-refractivity contribution in [2.75, 3.05) is 14.2 Å². The molecule has 0 spiro atoms. The second-order valence-electron chi connectivity index (χ2n) is 17.8. The molecule has 2 aliphatic carbocycles. The second-order valence-corrected chi connectivity index (χ2v) is 18.5. The number of methoxy groups -OCH3 is 2. The van der Waals surface area contributed by atoms with Crippen LogP contribution in [0.5, 0.6) is 40.2 Å². The number of hydrogen-bond donors (Lipinski definition) is 3. The molecule has 7 aromatic carbocycles. The van der Waals surface area contributed by atoms with Gasteiger partial charge >= 0.3 is 5.94 Å². The molecule has 0 fully saturated rings. The van der Waals surface area contributed by atoms with Gasteiger partial charge in [0.15, 0.2) is 36.7 Å². The molecule has 0 saturated carbocycles. The normalized spacial score (nSPS) is 15.2. The van der Waals surface area contributed by atoms with E-state index >= 15 is 0 Å². The Bertz CT molecular complexity index is 3150. The number of aromatic hydroxyl groups is 3. The average Bonchev–Trinajstić information content (AvgIpc) is 3.79. The summed E-state index contributed by atoms with van der Waals surface area (Å²) >= 11 is 3.17. The molecule has 0 saturated heterocycles. The highest BCUT2D eigenvalue weighted by Gasteiger charge is 2.37. The smallest absolute Gasteiger partial charge is 0.514 e. The van der Waals surface area contributed by atoms with Crippen molar-refractivity contribution >= 4 is 80.0 Å². The van der Waals surface area contributed by atoms with Gasteiger partial charge in [0, 0.05) is 51.4 Å². The van der Waals surface area contributed by atoms with Gasteiger partial charge in [-0.05, 0) is 131 Å².